The van der Waals surface area contributed by atoms with Crippen LogP contribution in [0.25, 0.3) is 11.0 Å². The highest BCUT2D eigenvalue weighted by Crippen LogP contribution is 2.20. The Bertz CT molecular complexity index is 596. The molecule has 0 saturated carbocycles. The molecule has 3 rings (SSSR count). The number of fused-ring (bicyclic) bond motifs is 1. The van der Waals surface area contributed by atoms with Crippen LogP contribution in [0.3, 0.4) is 0 Å². The van der Waals surface area contributed by atoms with Gasteiger partial charge in [-0.25, -0.2) is 4.98 Å². The number of piperazine rings is 1. The highest BCUT2D eigenvalue weighted by atomic mass is 35.5. The predicted octanol–water partition coefficient (Wildman–Crippen LogP) is 2.44. The number of aryl methyl sites for hydroxylation is 1. The number of benzene rings is 1. The third-order valence-electron chi connectivity index (χ3n) is 3.75. The number of rotatable bonds is 2. The molecule has 2 heterocycles. The van der Waals surface area contributed by atoms with Gasteiger partial charge in [0.15, 0.2) is 0 Å². The van der Waals surface area contributed by atoms with Crippen LogP contribution in [-0.4, -0.2) is 40.1 Å². The van der Waals surface area contributed by atoms with E-state index in [9.17, 15) is 0 Å². The maximum atomic E-state index is 6.02. The monoisotopic (exact) mass is 314 g/mol. The van der Waals surface area contributed by atoms with E-state index < -0.39 is 0 Å². The third kappa shape index (κ3) is 3.09. The summed E-state index contributed by atoms with van der Waals surface area (Å²) in [7, 11) is 2.07. The van der Waals surface area contributed by atoms with Crippen molar-refractivity contribution in [3.05, 3.63) is 29.0 Å². The summed E-state index contributed by atoms with van der Waals surface area (Å²) in [5, 5.41) is 4.20. The van der Waals surface area contributed by atoms with E-state index in [1.165, 1.54) is 0 Å². The standard InChI is InChI=1S/C14H19ClN4.ClH/c1-10-8-19(6-5-16-10)9-14-17-12-7-11(15)3-4-13(12)18(14)2;/h3-4,7,10,16H,5-6,8-9H2,1-2H3;1H/t10-;/m0./s1. The summed E-state index contributed by atoms with van der Waals surface area (Å²) in [6.07, 6.45) is 0. The molecule has 0 aliphatic carbocycles. The number of nitrogens with zero attached hydrogens (tertiary/aromatic N) is 3. The van der Waals surface area contributed by atoms with Crippen LogP contribution in [0.1, 0.15) is 12.7 Å². The summed E-state index contributed by atoms with van der Waals surface area (Å²) < 4.78 is 2.17. The molecule has 2 aromatic rings. The van der Waals surface area contributed by atoms with Crippen LogP contribution in [0, 0.1) is 0 Å². The van der Waals surface area contributed by atoms with Gasteiger partial charge >= 0.3 is 0 Å². The van der Waals surface area contributed by atoms with Gasteiger partial charge in [-0.1, -0.05) is 11.6 Å². The number of nitrogens with one attached hydrogen (secondary N) is 1. The lowest BCUT2D eigenvalue weighted by atomic mass is 10.2. The van der Waals surface area contributed by atoms with E-state index in [1.54, 1.807) is 0 Å². The first-order chi connectivity index (χ1) is 9.13. The quantitative estimate of drug-likeness (QED) is 0.924. The van der Waals surface area contributed by atoms with Crippen LogP contribution in [0.5, 0.6) is 0 Å². The van der Waals surface area contributed by atoms with Crippen molar-refractivity contribution in [1.82, 2.24) is 19.8 Å². The van der Waals surface area contributed by atoms with Gasteiger partial charge in [0.1, 0.15) is 5.82 Å². The van der Waals surface area contributed by atoms with Crippen molar-refractivity contribution in [3.63, 3.8) is 0 Å². The number of imidazole rings is 1. The summed E-state index contributed by atoms with van der Waals surface area (Å²) >= 11 is 6.02. The molecular weight excluding hydrogens is 295 g/mol. The first-order valence-corrected chi connectivity index (χ1v) is 7.08. The second-order valence-electron chi connectivity index (χ2n) is 5.31. The van der Waals surface area contributed by atoms with Gasteiger partial charge in [0, 0.05) is 37.7 Å². The molecule has 1 N–H and O–H groups in total. The molecule has 20 heavy (non-hydrogen) atoms. The minimum Gasteiger partial charge on any atom is -0.330 e. The van der Waals surface area contributed by atoms with Crippen LogP contribution in [0.4, 0.5) is 0 Å². The van der Waals surface area contributed by atoms with Crippen molar-refractivity contribution in [2.24, 2.45) is 7.05 Å². The summed E-state index contributed by atoms with van der Waals surface area (Å²) in [4.78, 5) is 7.16. The summed E-state index contributed by atoms with van der Waals surface area (Å²) in [6, 6.07) is 6.44. The largest absolute Gasteiger partial charge is 0.330 e. The molecule has 0 amide bonds. The Morgan fingerprint density at radius 2 is 2.25 bits per heavy atom. The lowest BCUT2D eigenvalue weighted by Gasteiger charge is -2.31. The first kappa shape index (κ1) is 15.6. The molecule has 0 bridgehead atoms. The zero-order chi connectivity index (χ0) is 13.4. The van der Waals surface area contributed by atoms with Crippen LogP contribution in [0.15, 0.2) is 18.2 Å². The van der Waals surface area contributed by atoms with Gasteiger partial charge in [-0.3, -0.25) is 4.90 Å². The fourth-order valence-electron chi connectivity index (χ4n) is 2.72. The Morgan fingerprint density at radius 1 is 1.45 bits per heavy atom. The van der Waals surface area contributed by atoms with Crippen LogP contribution in [0.2, 0.25) is 5.02 Å². The topological polar surface area (TPSA) is 33.1 Å². The number of hydrogen-bond acceptors (Lipinski definition) is 3. The van der Waals surface area contributed by atoms with Gasteiger partial charge in [0.2, 0.25) is 0 Å². The fourth-order valence-corrected chi connectivity index (χ4v) is 2.89. The molecule has 6 heteroatoms. The van der Waals surface area contributed by atoms with Crippen molar-refractivity contribution in [1.29, 1.82) is 0 Å². The van der Waals surface area contributed by atoms with Crippen LogP contribution >= 0.6 is 24.0 Å². The maximum absolute atomic E-state index is 6.02. The minimum absolute atomic E-state index is 0. The minimum atomic E-state index is 0. The normalized spacial score (nSPS) is 20.1. The smallest absolute Gasteiger partial charge is 0.123 e. The Balaban J connectivity index is 0.00000147. The van der Waals surface area contributed by atoms with E-state index in [0.29, 0.717) is 6.04 Å². The highest BCUT2D eigenvalue weighted by molar-refractivity contribution is 6.31. The molecule has 1 fully saturated rings. The van der Waals surface area contributed by atoms with Crippen molar-refractivity contribution in [3.8, 4) is 0 Å². The highest BCUT2D eigenvalue weighted by Gasteiger charge is 2.18. The van der Waals surface area contributed by atoms with Crippen molar-refractivity contribution in [2.45, 2.75) is 19.5 Å². The molecule has 4 nitrogen and oxygen atoms in total. The van der Waals surface area contributed by atoms with Gasteiger partial charge in [0.25, 0.3) is 0 Å². The molecular formula is C14H20Cl2N4. The van der Waals surface area contributed by atoms with Gasteiger partial charge < -0.3 is 9.88 Å². The van der Waals surface area contributed by atoms with Gasteiger partial charge in [-0.2, -0.15) is 0 Å². The van der Waals surface area contributed by atoms with E-state index in [4.69, 9.17) is 16.6 Å². The summed E-state index contributed by atoms with van der Waals surface area (Å²) in [5.41, 5.74) is 2.12. The van der Waals surface area contributed by atoms with Crippen molar-refractivity contribution < 1.29 is 0 Å². The van der Waals surface area contributed by atoms with E-state index in [1.807, 2.05) is 18.2 Å². The second kappa shape index (κ2) is 6.31. The molecule has 1 saturated heterocycles. The zero-order valence-corrected chi connectivity index (χ0v) is 13.3. The Kier molecular flexibility index (Phi) is 4.91. The average molecular weight is 315 g/mol. The van der Waals surface area contributed by atoms with Crippen molar-refractivity contribution >= 4 is 35.0 Å². The summed E-state index contributed by atoms with van der Waals surface area (Å²) in [5.74, 6) is 1.10. The SMILES string of the molecule is C[C@H]1CN(Cc2nc3cc(Cl)ccc3n2C)CCN1.Cl. The lowest BCUT2D eigenvalue weighted by Crippen LogP contribution is -2.48. The Morgan fingerprint density at radius 3 is 3.00 bits per heavy atom. The molecule has 0 radical (unpaired) electrons. The average Bonchev–Trinajstić information content (AvgIpc) is 2.66. The molecule has 1 aromatic carbocycles. The molecule has 1 aromatic heterocycles. The fraction of sp³-hybridized carbons (Fsp3) is 0.500. The molecule has 0 unspecified atom stereocenters. The van der Waals surface area contributed by atoms with Crippen LogP contribution in [-0.2, 0) is 13.6 Å². The maximum Gasteiger partial charge on any atom is 0.123 e. The van der Waals surface area contributed by atoms with Crippen LogP contribution < -0.4 is 5.32 Å². The Labute approximate surface area is 130 Å². The summed E-state index contributed by atoms with van der Waals surface area (Å²) in [6.45, 7) is 6.32. The molecule has 1 atom stereocenters. The van der Waals surface area contributed by atoms with Gasteiger partial charge in [-0.05, 0) is 25.1 Å². The third-order valence-corrected chi connectivity index (χ3v) is 3.99. The lowest BCUT2D eigenvalue weighted by molar-refractivity contribution is 0.194. The number of halogens is 2. The molecule has 110 valence electrons. The van der Waals surface area contributed by atoms with Gasteiger partial charge in [-0.15, -0.1) is 12.4 Å². The van der Waals surface area contributed by atoms with E-state index in [-0.39, 0.29) is 12.4 Å². The van der Waals surface area contributed by atoms with Gasteiger partial charge in [0.05, 0.1) is 17.6 Å². The first-order valence-electron chi connectivity index (χ1n) is 6.70. The predicted molar refractivity (Wildman–Crippen MR) is 85.7 cm³/mol. The van der Waals surface area contributed by atoms with Crippen molar-refractivity contribution in [2.75, 3.05) is 19.6 Å². The number of aromatic nitrogens is 2. The van der Waals surface area contributed by atoms with E-state index in [0.717, 1.165) is 48.1 Å². The van der Waals surface area contributed by atoms with E-state index in [2.05, 4.69) is 28.8 Å². The zero-order valence-electron chi connectivity index (χ0n) is 11.8. The van der Waals surface area contributed by atoms with E-state index >= 15 is 0 Å². The second-order valence-corrected chi connectivity index (χ2v) is 5.75. The number of hydrogen-bond donors (Lipinski definition) is 1. The molecule has 1 aliphatic rings. The molecule has 0 spiro atoms. The molecule has 1 aliphatic heterocycles. The Hall–Kier alpha value is -0.810.